The van der Waals surface area contributed by atoms with Crippen LogP contribution in [0, 0.1) is 6.92 Å². The largest absolute Gasteiger partial charge is 0.486 e. The Labute approximate surface area is 222 Å². The van der Waals surface area contributed by atoms with Crippen LogP contribution in [-0.2, 0) is 26.6 Å². The van der Waals surface area contributed by atoms with E-state index in [1.807, 2.05) is 36.4 Å². The molecular weight excluding hydrogens is 532 g/mol. The van der Waals surface area contributed by atoms with E-state index in [1.165, 1.54) is 21.7 Å². The zero-order valence-electron chi connectivity index (χ0n) is 19.8. The number of primary sulfonamides is 1. The molecule has 0 spiro atoms. The van der Waals surface area contributed by atoms with Crippen LogP contribution in [0.3, 0.4) is 0 Å². The molecule has 1 aromatic heterocycles. The topological polar surface area (TPSA) is 117 Å². The van der Waals surface area contributed by atoms with Gasteiger partial charge in [0.1, 0.15) is 17.6 Å². The standard InChI is InChI=1S/C25H22N4O5S3/c1-15-22(24(31)29(27(15)2)17-6-4-3-5-7-17)28-23(30)21(36-25(28)35)14-18-10-13-20(34-18)16-8-11-19(12-9-16)37(26,32)33/h3-9,11-14,18H,10H2,1-2H3,(H2,26,32,33)/b21-14-. The Hall–Kier alpha value is -3.45. The number of nitrogens with zero attached hydrogens (tertiary/aromatic N) is 3. The van der Waals surface area contributed by atoms with Crippen molar-refractivity contribution < 1.29 is 17.9 Å². The van der Waals surface area contributed by atoms with Crippen molar-refractivity contribution in [2.24, 2.45) is 12.2 Å². The maximum Gasteiger partial charge on any atom is 0.296 e. The molecule has 12 heteroatoms. The number of thiocarbonyl (C=S) groups is 1. The fourth-order valence-electron chi connectivity index (χ4n) is 4.23. The predicted octanol–water partition coefficient (Wildman–Crippen LogP) is 3.21. The highest BCUT2D eigenvalue weighted by molar-refractivity contribution is 8.27. The van der Waals surface area contributed by atoms with Crippen LogP contribution in [0.1, 0.15) is 17.7 Å². The summed E-state index contributed by atoms with van der Waals surface area (Å²) >= 11 is 6.63. The summed E-state index contributed by atoms with van der Waals surface area (Å²) in [6.45, 7) is 1.77. The maximum absolute atomic E-state index is 13.4. The summed E-state index contributed by atoms with van der Waals surface area (Å²) in [5, 5.41) is 5.16. The van der Waals surface area contributed by atoms with Gasteiger partial charge in [-0.2, -0.15) is 0 Å². The minimum atomic E-state index is -3.78. The second-order valence-electron chi connectivity index (χ2n) is 8.48. The number of amides is 1. The SMILES string of the molecule is Cc1c(N2C(=O)/C(=C/C3CC=C(c4ccc(S(N)(=O)=O)cc4)O3)SC2=S)c(=O)n(-c2ccccc2)n1C. The number of nitrogens with two attached hydrogens (primary N) is 1. The van der Waals surface area contributed by atoms with Gasteiger partial charge in [0.25, 0.3) is 11.5 Å². The molecule has 0 radical (unpaired) electrons. The van der Waals surface area contributed by atoms with Gasteiger partial charge in [0.15, 0.2) is 4.32 Å². The summed E-state index contributed by atoms with van der Waals surface area (Å²) in [4.78, 5) is 28.5. The number of ether oxygens (including phenoxy) is 1. The highest BCUT2D eigenvalue weighted by atomic mass is 32.2. The number of anilines is 1. The van der Waals surface area contributed by atoms with E-state index in [0.29, 0.717) is 34.0 Å². The van der Waals surface area contributed by atoms with Gasteiger partial charge in [-0.3, -0.25) is 19.2 Å². The van der Waals surface area contributed by atoms with Crippen LogP contribution in [-0.4, -0.2) is 34.1 Å². The maximum atomic E-state index is 13.4. The van der Waals surface area contributed by atoms with E-state index >= 15 is 0 Å². The average molecular weight is 555 g/mol. The molecule has 3 aromatic rings. The first kappa shape index (κ1) is 25.2. The molecule has 0 aliphatic carbocycles. The number of rotatable bonds is 5. The van der Waals surface area contributed by atoms with Crippen LogP contribution in [0.25, 0.3) is 11.4 Å². The summed E-state index contributed by atoms with van der Waals surface area (Å²) in [7, 11) is -2.02. The predicted molar refractivity (Wildman–Crippen MR) is 147 cm³/mol. The number of hydrogen-bond donors (Lipinski definition) is 1. The number of para-hydroxylation sites is 1. The lowest BCUT2D eigenvalue weighted by atomic mass is 10.2. The molecule has 37 heavy (non-hydrogen) atoms. The quantitative estimate of drug-likeness (QED) is 0.380. The van der Waals surface area contributed by atoms with Crippen molar-refractivity contribution in [1.29, 1.82) is 0 Å². The zero-order valence-corrected chi connectivity index (χ0v) is 22.3. The number of sulfonamides is 1. The molecule has 5 rings (SSSR count). The third kappa shape index (κ3) is 4.57. The van der Waals surface area contributed by atoms with Crippen LogP contribution >= 0.6 is 24.0 Å². The van der Waals surface area contributed by atoms with E-state index in [0.717, 1.165) is 11.8 Å². The molecule has 0 bridgehead atoms. The van der Waals surface area contributed by atoms with Crippen LogP contribution in [0.15, 0.2) is 81.3 Å². The summed E-state index contributed by atoms with van der Waals surface area (Å²) in [6.07, 6.45) is 3.67. The third-order valence-corrected chi connectivity index (χ3v) is 8.41. The van der Waals surface area contributed by atoms with Crippen LogP contribution in [0.5, 0.6) is 0 Å². The van der Waals surface area contributed by atoms with Crippen molar-refractivity contribution in [3.8, 4) is 5.69 Å². The molecule has 3 heterocycles. The average Bonchev–Trinajstić information content (AvgIpc) is 3.50. The molecule has 1 atom stereocenters. The lowest BCUT2D eigenvalue weighted by Crippen LogP contribution is -2.33. The molecule has 2 aromatic carbocycles. The summed E-state index contributed by atoms with van der Waals surface area (Å²) < 4.78 is 32.4. The first-order valence-electron chi connectivity index (χ1n) is 11.2. The van der Waals surface area contributed by atoms with Gasteiger partial charge in [0, 0.05) is 19.0 Å². The fraction of sp³-hybridized carbons (Fsp3) is 0.160. The number of carbonyl (C=O) groups excluding carboxylic acids is 1. The Morgan fingerprint density at radius 3 is 2.43 bits per heavy atom. The van der Waals surface area contributed by atoms with Gasteiger partial charge in [-0.25, -0.2) is 18.2 Å². The van der Waals surface area contributed by atoms with Gasteiger partial charge in [-0.15, -0.1) is 0 Å². The molecule has 190 valence electrons. The van der Waals surface area contributed by atoms with Crippen molar-refractivity contribution in [1.82, 2.24) is 9.36 Å². The molecular formula is C25H22N4O5S3. The van der Waals surface area contributed by atoms with Crippen molar-refractivity contribution in [3.05, 3.63) is 93.3 Å². The molecule has 1 fully saturated rings. The smallest absolute Gasteiger partial charge is 0.296 e. The number of carbonyl (C=O) groups is 1. The Kier molecular flexibility index (Phi) is 6.44. The van der Waals surface area contributed by atoms with Crippen molar-refractivity contribution in [2.45, 2.75) is 24.3 Å². The number of aromatic nitrogens is 2. The molecule has 2 aliphatic rings. The number of benzene rings is 2. The van der Waals surface area contributed by atoms with Crippen molar-refractivity contribution >= 4 is 55.7 Å². The van der Waals surface area contributed by atoms with E-state index in [1.54, 1.807) is 36.9 Å². The van der Waals surface area contributed by atoms with E-state index in [4.69, 9.17) is 22.1 Å². The van der Waals surface area contributed by atoms with Gasteiger partial charge in [0.2, 0.25) is 10.0 Å². The zero-order chi connectivity index (χ0) is 26.5. The van der Waals surface area contributed by atoms with Gasteiger partial charge >= 0.3 is 0 Å². The van der Waals surface area contributed by atoms with Crippen LogP contribution in [0.2, 0.25) is 0 Å². The summed E-state index contributed by atoms with van der Waals surface area (Å²) in [5.74, 6) is 0.193. The first-order valence-corrected chi connectivity index (χ1v) is 14.0. The Bertz CT molecular complexity index is 1650. The van der Waals surface area contributed by atoms with Crippen LogP contribution < -0.4 is 15.6 Å². The molecule has 9 nitrogen and oxygen atoms in total. The highest BCUT2D eigenvalue weighted by Gasteiger charge is 2.38. The minimum absolute atomic E-state index is 0.0117. The van der Waals surface area contributed by atoms with Crippen molar-refractivity contribution in [2.75, 3.05) is 4.90 Å². The lowest BCUT2D eigenvalue weighted by Gasteiger charge is -2.13. The fourth-order valence-corrected chi connectivity index (χ4v) is 6.05. The molecule has 2 N–H and O–H groups in total. The second-order valence-corrected chi connectivity index (χ2v) is 11.7. The molecule has 1 saturated heterocycles. The Morgan fingerprint density at radius 2 is 1.78 bits per heavy atom. The monoisotopic (exact) mass is 554 g/mol. The van der Waals surface area contributed by atoms with Gasteiger partial charge in [-0.1, -0.05) is 42.2 Å². The minimum Gasteiger partial charge on any atom is -0.486 e. The molecule has 1 unspecified atom stereocenters. The lowest BCUT2D eigenvalue weighted by molar-refractivity contribution is -0.113. The summed E-state index contributed by atoms with van der Waals surface area (Å²) in [6, 6.07) is 15.2. The van der Waals surface area contributed by atoms with Crippen LogP contribution in [0.4, 0.5) is 5.69 Å². The van der Waals surface area contributed by atoms with Gasteiger partial charge in [-0.05, 0) is 55.5 Å². The van der Waals surface area contributed by atoms with Crippen molar-refractivity contribution in [3.63, 3.8) is 0 Å². The van der Waals surface area contributed by atoms with E-state index in [-0.39, 0.29) is 26.4 Å². The second kappa shape index (κ2) is 9.45. The normalized spacial score (nSPS) is 19.0. The van der Waals surface area contributed by atoms with E-state index in [9.17, 15) is 18.0 Å². The van der Waals surface area contributed by atoms with E-state index in [2.05, 4.69) is 0 Å². The van der Waals surface area contributed by atoms with Gasteiger partial charge in [0.05, 0.1) is 21.2 Å². The Balaban J connectivity index is 1.38. The number of thioether (sulfide) groups is 1. The summed E-state index contributed by atoms with van der Waals surface area (Å²) in [5.41, 5.74) is 1.86. The number of hydrogen-bond acceptors (Lipinski definition) is 7. The third-order valence-electron chi connectivity index (χ3n) is 6.16. The molecule has 2 aliphatic heterocycles. The highest BCUT2D eigenvalue weighted by Crippen LogP contribution is 2.37. The molecule has 1 amide bonds. The Morgan fingerprint density at radius 1 is 1.11 bits per heavy atom. The van der Waals surface area contributed by atoms with E-state index < -0.39 is 16.1 Å². The first-order chi connectivity index (χ1) is 17.6. The van der Waals surface area contributed by atoms with Gasteiger partial charge < -0.3 is 4.74 Å². The molecule has 0 saturated carbocycles.